The van der Waals surface area contributed by atoms with Crippen molar-refractivity contribution in [3.8, 4) is 16.8 Å². The molecule has 0 unspecified atom stereocenters. The Bertz CT molecular complexity index is 1360. The molecule has 2 aromatic heterocycles. The molecular weight excluding hydrogens is 419 g/mol. The summed E-state index contributed by atoms with van der Waals surface area (Å²) in [5, 5.41) is 17.1. The van der Waals surface area contributed by atoms with E-state index in [1.165, 1.54) is 17.7 Å². The fourth-order valence-corrected chi connectivity index (χ4v) is 4.15. The zero-order chi connectivity index (χ0) is 22.3. The first-order valence-electron chi connectivity index (χ1n) is 9.27. The van der Waals surface area contributed by atoms with Crippen molar-refractivity contribution in [2.24, 2.45) is 0 Å². The number of aryl methyl sites for hydroxylation is 1. The number of H-pyrrole nitrogens is 1. The zero-order valence-electron chi connectivity index (χ0n) is 16.5. The number of anilines is 1. The monoisotopic (exact) mass is 434 g/mol. The van der Waals surface area contributed by atoms with Crippen molar-refractivity contribution < 1.29 is 22.0 Å². The van der Waals surface area contributed by atoms with E-state index in [1.54, 1.807) is 13.8 Å². The first-order valence-corrected chi connectivity index (χ1v) is 9.27. The predicted molar refractivity (Wildman–Crippen MR) is 103 cm³/mol. The van der Waals surface area contributed by atoms with Gasteiger partial charge in [0.2, 0.25) is 0 Å². The lowest BCUT2D eigenvalue weighted by molar-refractivity contribution is -0.137. The molecule has 0 amide bonds. The van der Waals surface area contributed by atoms with Gasteiger partial charge in [-0.3, -0.25) is 9.67 Å². The number of alkyl halides is 3. The molecule has 5 rings (SSSR count). The second-order valence-electron chi connectivity index (χ2n) is 7.91. The zero-order valence-corrected chi connectivity index (χ0v) is 16.5. The highest BCUT2D eigenvalue weighted by Crippen LogP contribution is 2.49. The van der Waals surface area contributed by atoms with Gasteiger partial charge in [0.25, 0.3) is 0 Å². The van der Waals surface area contributed by atoms with Crippen LogP contribution in [0.5, 0.6) is 0 Å². The van der Waals surface area contributed by atoms with E-state index in [4.69, 9.17) is 0 Å². The highest BCUT2D eigenvalue weighted by molar-refractivity contribution is 5.97. The SMILES string of the molecule is Cc1nnc2n1-c1c(cc(F)c(-c3ccc(F)c4[nH]ncc34)c1C(F)(F)F)NC2(C)C. The van der Waals surface area contributed by atoms with Crippen LogP contribution in [-0.4, -0.2) is 25.0 Å². The van der Waals surface area contributed by atoms with Gasteiger partial charge in [-0.15, -0.1) is 10.2 Å². The van der Waals surface area contributed by atoms with Crippen LogP contribution in [0.15, 0.2) is 24.4 Å². The highest BCUT2D eigenvalue weighted by atomic mass is 19.4. The number of hydrogen-bond donors (Lipinski definition) is 2. The largest absolute Gasteiger partial charge is 0.419 e. The number of nitrogens with zero attached hydrogens (tertiary/aromatic N) is 4. The Morgan fingerprint density at radius 3 is 2.52 bits per heavy atom. The number of halogens is 5. The molecule has 0 saturated carbocycles. The minimum Gasteiger partial charge on any atom is -0.371 e. The Morgan fingerprint density at radius 1 is 1.06 bits per heavy atom. The molecule has 1 aliphatic rings. The van der Waals surface area contributed by atoms with Crippen LogP contribution in [-0.2, 0) is 11.7 Å². The lowest BCUT2D eigenvalue weighted by atomic mass is 9.91. The van der Waals surface area contributed by atoms with Gasteiger partial charge in [0.15, 0.2) is 5.82 Å². The Balaban J connectivity index is 1.95. The molecule has 0 atom stereocenters. The second-order valence-corrected chi connectivity index (χ2v) is 7.91. The average molecular weight is 434 g/mol. The fraction of sp³-hybridized carbons (Fsp3) is 0.250. The minimum absolute atomic E-state index is 0.0363. The van der Waals surface area contributed by atoms with Crippen LogP contribution in [0.2, 0.25) is 0 Å². The normalized spacial score (nSPS) is 15.0. The molecule has 2 aromatic carbocycles. The number of benzene rings is 2. The molecule has 1 aliphatic heterocycles. The molecule has 0 radical (unpaired) electrons. The fourth-order valence-electron chi connectivity index (χ4n) is 4.15. The summed E-state index contributed by atoms with van der Waals surface area (Å²) in [5.41, 5.74) is -3.38. The van der Waals surface area contributed by atoms with Crippen LogP contribution in [0.25, 0.3) is 27.7 Å². The van der Waals surface area contributed by atoms with Crippen LogP contribution in [0.3, 0.4) is 0 Å². The van der Waals surface area contributed by atoms with Gasteiger partial charge in [0.05, 0.1) is 28.7 Å². The summed E-state index contributed by atoms with van der Waals surface area (Å²) >= 11 is 0. The van der Waals surface area contributed by atoms with E-state index in [9.17, 15) is 17.6 Å². The number of aromatic amines is 1. The van der Waals surface area contributed by atoms with Crippen molar-refractivity contribution in [1.82, 2.24) is 25.0 Å². The average Bonchev–Trinajstić information content (AvgIpc) is 3.29. The van der Waals surface area contributed by atoms with E-state index in [0.717, 1.165) is 18.2 Å². The summed E-state index contributed by atoms with van der Waals surface area (Å²) in [6.07, 6.45) is -3.77. The Hall–Kier alpha value is -3.50. The van der Waals surface area contributed by atoms with E-state index >= 15 is 4.39 Å². The van der Waals surface area contributed by atoms with Crippen molar-refractivity contribution >= 4 is 16.6 Å². The predicted octanol–water partition coefficient (Wildman–Crippen LogP) is 5.08. The molecule has 2 N–H and O–H groups in total. The van der Waals surface area contributed by atoms with Crippen molar-refractivity contribution in [1.29, 1.82) is 0 Å². The summed E-state index contributed by atoms with van der Waals surface area (Å²) in [7, 11) is 0. The van der Waals surface area contributed by atoms with Gasteiger partial charge >= 0.3 is 6.18 Å². The molecule has 0 spiro atoms. The maximum absolute atomic E-state index is 15.3. The van der Waals surface area contributed by atoms with Gasteiger partial charge in [-0.1, -0.05) is 6.07 Å². The minimum atomic E-state index is -4.94. The Kier molecular flexibility index (Phi) is 3.78. The number of nitrogens with one attached hydrogen (secondary N) is 2. The van der Waals surface area contributed by atoms with Crippen molar-refractivity contribution in [2.75, 3.05) is 5.32 Å². The molecule has 160 valence electrons. The maximum Gasteiger partial charge on any atom is 0.419 e. The van der Waals surface area contributed by atoms with Gasteiger partial charge in [-0.2, -0.15) is 18.3 Å². The van der Waals surface area contributed by atoms with Crippen LogP contribution in [0.1, 0.15) is 31.1 Å². The van der Waals surface area contributed by atoms with Crippen molar-refractivity contribution in [3.05, 3.63) is 53.2 Å². The molecule has 0 fully saturated rings. The molecular formula is C20H15F5N6. The maximum atomic E-state index is 15.3. The van der Waals surface area contributed by atoms with Gasteiger partial charge in [0, 0.05) is 10.9 Å². The third-order valence-corrected chi connectivity index (χ3v) is 5.42. The van der Waals surface area contributed by atoms with Crippen LogP contribution in [0.4, 0.5) is 27.6 Å². The summed E-state index contributed by atoms with van der Waals surface area (Å²) in [6, 6.07) is 3.11. The number of aromatic nitrogens is 5. The van der Waals surface area contributed by atoms with Crippen LogP contribution in [0, 0.1) is 18.6 Å². The molecule has 0 saturated heterocycles. The second kappa shape index (κ2) is 6.02. The van der Waals surface area contributed by atoms with E-state index in [0.29, 0.717) is 0 Å². The third kappa shape index (κ3) is 2.65. The van der Waals surface area contributed by atoms with Gasteiger partial charge in [-0.25, -0.2) is 8.78 Å². The third-order valence-electron chi connectivity index (χ3n) is 5.42. The Labute approximate surface area is 172 Å². The first kappa shape index (κ1) is 19.5. The number of rotatable bonds is 1. The smallest absolute Gasteiger partial charge is 0.371 e. The summed E-state index contributed by atoms with van der Waals surface area (Å²) in [6.45, 7) is 4.95. The van der Waals surface area contributed by atoms with Gasteiger partial charge < -0.3 is 5.32 Å². The Morgan fingerprint density at radius 2 is 1.81 bits per heavy atom. The van der Waals surface area contributed by atoms with E-state index in [2.05, 4.69) is 25.7 Å². The quantitative estimate of drug-likeness (QED) is 0.410. The van der Waals surface area contributed by atoms with Crippen LogP contribution < -0.4 is 5.32 Å². The molecule has 3 heterocycles. The van der Waals surface area contributed by atoms with E-state index in [1.807, 2.05) is 0 Å². The van der Waals surface area contributed by atoms with Gasteiger partial charge in [0.1, 0.15) is 23.0 Å². The lowest BCUT2D eigenvalue weighted by Gasteiger charge is -2.36. The summed E-state index contributed by atoms with van der Waals surface area (Å²) in [5.74, 6) is -1.32. The van der Waals surface area contributed by atoms with E-state index < -0.39 is 34.5 Å². The molecule has 6 nitrogen and oxygen atoms in total. The number of fused-ring (bicyclic) bond motifs is 4. The topological polar surface area (TPSA) is 71.4 Å². The molecule has 11 heteroatoms. The standard InChI is InChI=1S/C20H15F5N6/c1-8-28-30-18-19(2,3)27-13-6-12(22)14(15(20(23,24)25)17(13)31(8)18)9-4-5-11(21)16-10(9)7-26-29-16/h4-7,27H,1-3H3,(H,26,29). The molecule has 4 aromatic rings. The highest BCUT2D eigenvalue weighted by Gasteiger charge is 2.45. The van der Waals surface area contributed by atoms with Crippen molar-refractivity contribution in [3.63, 3.8) is 0 Å². The number of hydrogen-bond acceptors (Lipinski definition) is 4. The van der Waals surface area contributed by atoms with Gasteiger partial charge in [-0.05, 0) is 38.5 Å². The molecule has 31 heavy (non-hydrogen) atoms. The summed E-state index contributed by atoms with van der Waals surface area (Å²) in [4.78, 5) is 0. The summed E-state index contributed by atoms with van der Waals surface area (Å²) < 4.78 is 74.2. The van der Waals surface area contributed by atoms with Crippen molar-refractivity contribution in [2.45, 2.75) is 32.5 Å². The molecule has 0 bridgehead atoms. The molecule has 0 aliphatic carbocycles. The van der Waals surface area contributed by atoms with E-state index in [-0.39, 0.29) is 39.5 Å². The lowest BCUT2D eigenvalue weighted by Crippen LogP contribution is -2.37. The first-order chi connectivity index (χ1) is 14.5. The van der Waals surface area contributed by atoms with Crippen LogP contribution >= 0.6 is 0 Å².